The molecule has 3 rings (SSSR count). The Bertz CT molecular complexity index is 799. The van der Waals surface area contributed by atoms with Gasteiger partial charge >= 0.3 is 5.97 Å². The van der Waals surface area contributed by atoms with Crippen LogP contribution in [0.15, 0.2) is 24.3 Å². The van der Waals surface area contributed by atoms with Crippen molar-refractivity contribution in [2.75, 3.05) is 37.7 Å². The average molecular weight is 415 g/mol. The minimum absolute atomic E-state index is 0.194. The monoisotopic (exact) mass is 414 g/mol. The van der Waals surface area contributed by atoms with Gasteiger partial charge in [-0.05, 0) is 25.5 Å². The molecule has 1 aromatic carbocycles. The van der Waals surface area contributed by atoms with Gasteiger partial charge in [-0.1, -0.05) is 19.1 Å². The zero-order chi connectivity index (χ0) is 20.3. The summed E-state index contributed by atoms with van der Waals surface area (Å²) in [7, 11) is -3.79. The molecular weight excluding hydrogens is 387 g/mol. The molecule has 2 heterocycles. The quantitative estimate of drug-likeness (QED) is 0.661. The molecule has 2 fully saturated rings. The van der Waals surface area contributed by atoms with E-state index in [2.05, 4.69) is 10.9 Å². The van der Waals surface area contributed by atoms with Gasteiger partial charge < -0.3 is 9.64 Å². The highest BCUT2D eigenvalue weighted by Gasteiger charge is 2.50. The normalized spacial score (nSPS) is 26.4. The van der Waals surface area contributed by atoms with Crippen molar-refractivity contribution in [2.45, 2.75) is 31.7 Å². The number of benzene rings is 1. The van der Waals surface area contributed by atoms with Crippen LogP contribution in [0.3, 0.4) is 0 Å². The molecule has 2 aliphatic rings. The Balaban J connectivity index is 1.73. The number of para-hydroxylation sites is 1. The fourth-order valence-corrected chi connectivity index (χ4v) is 5.66. The number of anilines is 1. The summed E-state index contributed by atoms with van der Waals surface area (Å²) in [6.07, 6.45) is 0.587. The van der Waals surface area contributed by atoms with Crippen LogP contribution in [0.5, 0.6) is 0 Å². The number of carbonyl (C=O) groups excluding carboxylic acids is 1. The molecule has 2 saturated heterocycles. The molecule has 0 aromatic heterocycles. The van der Waals surface area contributed by atoms with Crippen LogP contribution in [0, 0.1) is 11.7 Å². The number of esters is 1. The Morgan fingerprint density at radius 2 is 1.86 bits per heavy atom. The number of nitrogens with zero attached hydrogens (tertiary/aromatic N) is 2. The van der Waals surface area contributed by atoms with Crippen molar-refractivity contribution in [1.29, 1.82) is 0 Å². The second kappa shape index (κ2) is 8.73. The molecule has 0 amide bonds. The molecule has 3 unspecified atom stereocenters. The third-order valence-corrected chi connectivity index (χ3v) is 7.42. The Morgan fingerprint density at radius 3 is 2.46 bits per heavy atom. The number of halogens is 1. The van der Waals surface area contributed by atoms with E-state index < -0.39 is 27.3 Å². The van der Waals surface area contributed by atoms with E-state index in [0.717, 1.165) is 0 Å². The van der Waals surface area contributed by atoms with Crippen LogP contribution in [0.2, 0.25) is 0 Å². The summed E-state index contributed by atoms with van der Waals surface area (Å²) >= 11 is 0. The lowest BCUT2D eigenvalue weighted by molar-refractivity contribution is -0.148. The highest BCUT2D eigenvalue weighted by atomic mass is 32.2. The van der Waals surface area contributed by atoms with Crippen molar-refractivity contribution >= 4 is 21.7 Å². The number of hydrogen-bond acceptors (Lipinski definition) is 7. The molecule has 0 spiro atoms. The molecule has 0 bridgehead atoms. The van der Waals surface area contributed by atoms with Crippen molar-refractivity contribution in [3.8, 4) is 0 Å². The molecule has 1 aromatic rings. The summed E-state index contributed by atoms with van der Waals surface area (Å²) in [6.45, 7) is 4.97. The van der Waals surface area contributed by atoms with Gasteiger partial charge in [0.15, 0.2) is 5.37 Å². The first-order chi connectivity index (χ1) is 13.4. The van der Waals surface area contributed by atoms with Gasteiger partial charge in [0.05, 0.1) is 12.3 Å². The minimum Gasteiger partial charge on any atom is -0.466 e. The maximum atomic E-state index is 14.0. The van der Waals surface area contributed by atoms with Crippen LogP contribution in [0.4, 0.5) is 10.1 Å². The first-order valence-electron chi connectivity index (χ1n) is 9.56. The molecular formula is C18H27FN4O4S. The van der Waals surface area contributed by atoms with Crippen molar-refractivity contribution < 1.29 is 22.3 Å². The average Bonchev–Trinajstić information content (AvgIpc) is 3.14. The lowest BCUT2D eigenvalue weighted by Gasteiger charge is -2.37. The maximum Gasteiger partial charge on any atom is 0.313 e. The summed E-state index contributed by atoms with van der Waals surface area (Å²) in [5.41, 5.74) is 6.17. The second-order valence-electron chi connectivity index (χ2n) is 6.88. The molecule has 2 aliphatic heterocycles. The Kier molecular flexibility index (Phi) is 6.54. The molecule has 156 valence electrons. The SMILES string of the molecule is CCOC(=O)C1C(CC)NNC1S(=O)(=O)N1CCN(c2ccccc2F)CC1. The van der Waals surface area contributed by atoms with Crippen molar-refractivity contribution in [1.82, 2.24) is 15.2 Å². The summed E-state index contributed by atoms with van der Waals surface area (Å²) in [5, 5.41) is -1.09. The topological polar surface area (TPSA) is 91.0 Å². The first kappa shape index (κ1) is 21.0. The number of hydrogen-bond donors (Lipinski definition) is 2. The van der Waals surface area contributed by atoms with E-state index in [0.29, 0.717) is 25.2 Å². The minimum atomic E-state index is -3.79. The van der Waals surface area contributed by atoms with Crippen LogP contribution in [-0.4, -0.2) is 62.9 Å². The summed E-state index contributed by atoms with van der Waals surface area (Å²) in [6, 6.07) is 6.13. The van der Waals surface area contributed by atoms with E-state index in [1.807, 2.05) is 11.8 Å². The summed E-state index contributed by atoms with van der Waals surface area (Å²) in [4.78, 5) is 14.2. The molecule has 8 nitrogen and oxygen atoms in total. The first-order valence-corrected chi connectivity index (χ1v) is 11.1. The maximum absolute atomic E-state index is 14.0. The van der Waals surface area contributed by atoms with Crippen molar-refractivity contribution in [3.05, 3.63) is 30.1 Å². The van der Waals surface area contributed by atoms with Gasteiger partial charge in [0, 0.05) is 32.2 Å². The molecule has 28 heavy (non-hydrogen) atoms. The third kappa shape index (κ3) is 4.00. The van der Waals surface area contributed by atoms with Gasteiger partial charge in [-0.3, -0.25) is 10.2 Å². The summed E-state index contributed by atoms with van der Waals surface area (Å²) < 4.78 is 46.9. The van der Waals surface area contributed by atoms with Crippen LogP contribution in [-0.2, 0) is 19.6 Å². The molecule has 0 radical (unpaired) electrons. The summed E-state index contributed by atoms with van der Waals surface area (Å²) in [5.74, 6) is -1.67. The number of nitrogens with one attached hydrogen (secondary N) is 2. The third-order valence-electron chi connectivity index (χ3n) is 5.28. The van der Waals surface area contributed by atoms with Gasteiger partial charge in [-0.2, -0.15) is 4.31 Å². The van der Waals surface area contributed by atoms with E-state index >= 15 is 0 Å². The molecule has 10 heteroatoms. The van der Waals surface area contributed by atoms with Gasteiger partial charge in [0.25, 0.3) is 0 Å². The highest BCUT2D eigenvalue weighted by molar-refractivity contribution is 7.89. The largest absolute Gasteiger partial charge is 0.466 e. The number of ether oxygens (including phenoxy) is 1. The van der Waals surface area contributed by atoms with Crippen LogP contribution in [0.1, 0.15) is 20.3 Å². The standard InChI is InChI=1S/C18H27FN4O4S/c1-3-14-16(18(24)27-4-2)17(21-20-14)28(25,26)23-11-9-22(10-12-23)15-8-6-5-7-13(15)19/h5-8,14,16-17,20-21H,3-4,9-12H2,1-2H3. The Morgan fingerprint density at radius 1 is 1.18 bits per heavy atom. The molecule has 2 N–H and O–H groups in total. The fourth-order valence-electron chi connectivity index (χ4n) is 3.77. The lowest BCUT2D eigenvalue weighted by Crippen LogP contribution is -2.55. The van der Waals surface area contributed by atoms with Gasteiger partial charge in [-0.15, -0.1) is 0 Å². The Hall–Kier alpha value is -1.75. The Labute approximate surface area is 165 Å². The van der Waals surface area contributed by atoms with E-state index in [4.69, 9.17) is 4.74 Å². The zero-order valence-corrected chi connectivity index (χ0v) is 16.9. The molecule has 0 aliphatic carbocycles. The highest BCUT2D eigenvalue weighted by Crippen LogP contribution is 2.27. The molecule has 3 atom stereocenters. The fraction of sp³-hybridized carbons (Fsp3) is 0.611. The smallest absolute Gasteiger partial charge is 0.313 e. The van der Waals surface area contributed by atoms with Crippen LogP contribution >= 0.6 is 0 Å². The van der Waals surface area contributed by atoms with Crippen molar-refractivity contribution in [2.24, 2.45) is 5.92 Å². The zero-order valence-electron chi connectivity index (χ0n) is 16.1. The molecule has 0 saturated carbocycles. The van der Waals surface area contributed by atoms with Gasteiger partial charge in [0.2, 0.25) is 10.0 Å². The van der Waals surface area contributed by atoms with E-state index in [1.165, 1.54) is 10.4 Å². The van der Waals surface area contributed by atoms with Crippen LogP contribution < -0.4 is 15.8 Å². The predicted octanol–water partition coefficient (Wildman–Crippen LogP) is 0.669. The van der Waals surface area contributed by atoms with E-state index in [9.17, 15) is 17.6 Å². The van der Waals surface area contributed by atoms with Crippen LogP contribution in [0.25, 0.3) is 0 Å². The predicted molar refractivity (Wildman–Crippen MR) is 103 cm³/mol. The number of carbonyl (C=O) groups is 1. The van der Waals surface area contributed by atoms with Crippen molar-refractivity contribution in [3.63, 3.8) is 0 Å². The number of sulfonamides is 1. The number of piperazine rings is 1. The number of hydrazine groups is 1. The van der Waals surface area contributed by atoms with E-state index in [1.54, 1.807) is 25.1 Å². The number of rotatable bonds is 6. The second-order valence-corrected chi connectivity index (χ2v) is 8.94. The lowest BCUT2D eigenvalue weighted by atomic mass is 10.00. The van der Waals surface area contributed by atoms with Gasteiger partial charge in [-0.25, -0.2) is 18.2 Å². The van der Waals surface area contributed by atoms with Gasteiger partial charge in [0.1, 0.15) is 11.7 Å². The van der Waals surface area contributed by atoms with E-state index in [-0.39, 0.29) is 31.6 Å².